The molecule has 1 heterocycles. The van der Waals surface area contributed by atoms with Gasteiger partial charge in [-0.1, -0.05) is 54.6 Å². The third kappa shape index (κ3) is 4.95. The van der Waals surface area contributed by atoms with Gasteiger partial charge in [0.15, 0.2) is 5.54 Å². The van der Waals surface area contributed by atoms with Crippen molar-refractivity contribution in [3.05, 3.63) is 119 Å². The number of benzene rings is 2. The molecule has 0 saturated heterocycles. The number of ether oxygens (including phenoxy) is 1. The van der Waals surface area contributed by atoms with Gasteiger partial charge in [0.1, 0.15) is 18.4 Å². The highest BCUT2D eigenvalue weighted by atomic mass is 16.5. The van der Waals surface area contributed by atoms with Crippen molar-refractivity contribution in [1.82, 2.24) is 4.98 Å². The molecule has 1 aromatic heterocycles. The summed E-state index contributed by atoms with van der Waals surface area (Å²) in [6.45, 7) is 4.22. The number of nitrogens with zero attached hydrogens (tertiary/aromatic N) is 4. The molecule has 0 amide bonds. The number of nitriles is 2. The van der Waals surface area contributed by atoms with Crippen molar-refractivity contribution in [2.75, 3.05) is 0 Å². The molecule has 2 aromatic carbocycles. The van der Waals surface area contributed by atoms with E-state index in [0.29, 0.717) is 17.9 Å². The average molecular weight is 445 g/mol. The number of aliphatic imine (C=N–C) groups is 1. The monoisotopic (exact) mass is 444 g/mol. The van der Waals surface area contributed by atoms with Gasteiger partial charge in [-0.25, -0.2) is 0 Å². The second-order valence-corrected chi connectivity index (χ2v) is 8.20. The smallest absolute Gasteiger partial charge is 0.183 e. The van der Waals surface area contributed by atoms with Gasteiger partial charge in [-0.15, -0.1) is 0 Å². The Morgan fingerprint density at radius 3 is 2.38 bits per heavy atom. The third-order valence-electron chi connectivity index (χ3n) is 5.86. The zero-order chi connectivity index (χ0) is 24.0. The van der Waals surface area contributed by atoms with Gasteiger partial charge in [-0.05, 0) is 49.3 Å². The number of hydrogen-bond acceptors (Lipinski definition) is 5. The number of hydrogen-bond donors (Lipinski definition) is 0. The minimum Gasteiger partial charge on any atom is -0.487 e. The van der Waals surface area contributed by atoms with Crippen LogP contribution in [-0.4, -0.2) is 16.7 Å². The Morgan fingerprint density at radius 2 is 1.74 bits per heavy atom. The molecule has 4 rings (SSSR count). The van der Waals surface area contributed by atoms with Gasteiger partial charge >= 0.3 is 0 Å². The Hall–Kier alpha value is -4.48. The van der Waals surface area contributed by atoms with Gasteiger partial charge in [0, 0.05) is 29.5 Å². The molecule has 1 aliphatic rings. The molecular weight excluding hydrogens is 420 g/mol. The van der Waals surface area contributed by atoms with E-state index in [4.69, 9.17) is 10.00 Å². The van der Waals surface area contributed by atoms with Gasteiger partial charge in [0.05, 0.1) is 17.3 Å². The zero-order valence-electron chi connectivity index (χ0n) is 19.1. The number of aryl methyl sites for hydroxylation is 1. The number of aromatic nitrogens is 1. The maximum Gasteiger partial charge on any atom is 0.183 e. The molecule has 5 nitrogen and oxygen atoms in total. The van der Waals surface area contributed by atoms with Gasteiger partial charge < -0.3 is 4.74 Å². The predicted octanol–water partition coefficient (Wildman–Crippen LogP) is 5.74. The summed E-state index contributed by atoms with van der Waals surface area (Å²) in [5.41, 5.74) is 4.18. The topological polar surface area (TPSA) is 82.1 Å². The summed E-state index contributed by atoms with van der Waals surface area (Å²) in [6, 6.07) is 21.9. The van der Waals surface area contributed by atoms with E-state index in [1.54, 1.807) is 24.5 Å². The molecule has 0 fully saturated rings. The van der Waals surface area contributed by atoms with Crippen LogP contribution in [0.2, 0.25) is 0 Å². The fourth-order valence-electron chi connectivity index (χ4n) is 3.78. The van der Waals surface area contributed by atoms with E-state index in [1.807, 2.05) is 68.5 Å². The van der Waals surface area contributed by atoms with Crippen LogP contribution in [0.15, 0.2) is 90.1 Å². The van der Waals surface area contributed by atoms with Crippen molar-refractivity contribution in [3.8, 4) is 17.9 Å². The van der Waals surface area contributed by atoms with Crippen LogP contribution in [0, 0.1) is 36.5 Å². The Balaban J connectivity index is 1.52. The van der Waals surface area contributed by atoms with Crippen LogP contribution in [0.1, 0.15) is 39.4 Å². The molecule has 0 atom stereocenters. The molecule has 0 spiro atoms. The number of allylic oxidation sites excluding steroid dienone is 2. The van der Waals surface area contributed by atoms with E-state index in [2.05, 4.69) is 34.2 Å². The van der Waals surface area contributed by atoms with Gasteiger partial charge in [0.25, 0.3) is 0 Å². The molecule has 5 heteroatoms. The molecule has 0 aliphatic heterocycles. The summed E-state index contributed by atoms with van der Waals surface area (Å²) in [4.78, 5) is 9.08. The quantitative estimate of drug-likeness (QED) is 0.359. The minimum absolute atomic E-state index is 0.128. The third-order valence-corrected chi connectivity index (χ3v) is 5.86. The SMILES string of the molecule is Cc1ncc(C=NC2(C#N)C=CC(c3ccccc3)C=C2)c(C)c1OCc1ccc(C#N)cc1. The summed E-state index contributed by atoms with van der Waals surface area (Å²) in [6.07, 6.45) is 11.2. The second-order valence-electron chi connectivity index (χ2n) is 8.20. The molecule has 0 saturated carbocycles. The highest BCUT2D eigenvalue weighted by Crippen LogP contribution is 2.29. The second kappa shape index (κ2) is 9.98. The molecule has 1 aliphatic carbocycles. The highest BCUT2D eigenvalue weighted by Gasteiger charge is 2.26. The lowest BCUT2D eigenvalue weighted by atomic mass is 9.87. The van der Waals surface area contributed by atoms with Crippen LogP contribution in [0.25, 0.3) is 0 Å². The first-order chi connectivity index (χ1) is 16.5. The lowest BCUT2D eigenvalue weighted by Crippen LogP contribution is -2.21. The molecule has 0 N–H and O–H groups in total. The number of rotatable bonds is 6. The standard InChI is InChI=1S/C29H24N4O/c1-21-27(17-32-22(2)28(21)34-19-24-10-8-23(16-30)9-11-24)18-33-29(20-31)14-12-26(13-15-29)25-6-4-3-5-7-25/h3-15,17-18,26H,19H2,1-2H3. The maximum absolute atomic E-state index is 9.87. The molecule has 0 radical (unpaired) electrons. The molecule has 0 bridgehead atoms. The van der Waals surface area contributed by atoms with Gasteiger partial charge in [-0.3, -0.25) is 9.98 Å². The van der Waals surface area contributed by atoms with Crippen molar-refractivity contribution in [2.45, 2.75) is 31.9 Å². The summed E-state index contributed by atoms with van der Waals surface area (Å²) < 4.78 is 6.07. The van der Waals surface area contributed by atoms with Crippen molar-refractivity contribution in [3.63, 3.8) is 0 Å². The summed E-state index contributed by atoms with van der Waals surface area (Å²) in [5, 5.41) is 18.8. The Bertz CT molecular complexity index is 1330. The zero-order valence-corrected chi connectivity index (χ0v) is 19.1. The molecule has 34 heavy (non-hydrogen) atoms. The van der Waals surface area contributed by atoms with E-state index in [1.165, 1.54) is 5.56 Å². The lowest BCUT2D eigenvalue weighted by molar-refractivity contribution is 0.300. The van der Waals surface area contributed by atoms with E-state index >= 15 is 0 Å². The van der Waals surface area contributed by atoms with E-state index in [-0.39, 0.29) is 5.92 Å². The minimum atomic E-state index is -1.05. The van der Waals surface area contributed by atoms with Crippen molar-refractivity contribution in [1.29, 1.82) is 10.5 Å². The molecule has 0 unspecified atom stereocenters. The first-order valence-electron chi connectivity index (χ1n) is 11.0. The Labute approximate surface area is 200 Å². The van der Waals surface area contributed by atoms with Gasteiger partial charge in [0.2, 0.25) is 0 Å². The molecular formula is C29H24N4O. The largest absolute Gasteiger partial charge is 0.487 e. The lowest BCUT2D eigenvalue weighted by Gasteiger charge is -2.21. The van der Waals surface area contributed by atoms with Gasteiger partial charge in [-0.2, -0.15) is 10.5 Å². The molecule has 166 valence electrons. The van der Waals surface area contributed by atoms with Crippen LogP contribution >= 0.6 is 0 Å². The van der Waals surface area contributed by atoms with Crippen LogP contribution in [0.5, 0.6) is 5.75 Å². The van der Waals surface area contributed by atoms with Crippen LogP contribution in [0.4, 0.5) is 0 Å². The summed E-state index contributed by atoms with van der Waals surface area (Å²) in [7, 11) is 0. The Morgan fingerprint density at radius 1 is 1.03 bits per heavy atom. The van der Waals surface area contributed by atoms with Crippen molar-refractivity contribution >= 4 is 6.21 Å². The van der Waals surface area contributed by atoms with Crippen LogP contribution in [0.3, 0.4) is 0 Å². The predicted molar refractivity (Wildman–Crippen MR) is 133 cm³/mol. The Kier molecular flexibility index (Phi) is 6.67. The van der Waals surface area contributed by atoms with E-state index < -0.39 is 5.54 Å². The van der Waals surface area contributed by atoms with Crippen molar-refractivity contribution < 1.29 is 4.74 Å². The summed E-state index contributed by atoms with van der Waals surface area (Å²) >= 11 is 0. The number of pyridine rings is 1. The van der Waals surface area contributed by atoms with Crippen molar-refractivity contribution in [2.24, 2.45) is 4.99 Å². The van der Waals surface area contributed by atoms with E-state index in [0.717, 1.165) is 22.4 Å². The fraction of sp³-hybridized carbons (Fsp3) is 0.172. The molecule has 3 aromatic rings. The first-order valence-corrected chi connectivity index (χ1v) is 11.0. The first kappa shape index (κ1) is 22.7. The maximum atomic E-state index is 9.87. The highest BCUT2D eigenvalue weighted by molar-refractivity contribution is 5.83. The van der Waals surface area contributed by atoms with Crippen LogP contribution < -0.4 is 4.74 Å². The van der Waals surface area contributed by atoms with Crippen LogP contribution in [-0.2, 0) is 6.61 Å². The van der Waals surface area contributed by atoms with E-state index in [9.17, 15) is 5.26 Å². The fourth-order valence-corrected chi connectivity index (χ4v) is 3.78. The summed E-state index contributed by atoms with van der Waals surface area (Å²) in [5.74, 6) is 0.820. The normalized spacial score (nSPS) is 19.0. The average Bonchev–Trinajstić information content (AvgIpc) is 2.89.